The molecule has 0 radical (unpaired) electrons. The van der Waals surface area contributed by atoms with Crippen LogP contribution in [-0.4, -0.2) is 0 Å². The van der Waals surface area contributed by atoms with Crippen molar-refractivity contribution in [2.75, 3.05) is 4.90 Å². The van der Waals surface area contributed by atoms with Crippen molar-refractivity contribution in [1.29, 1.82) is 0 Å². The van der Waals surface area contributed by atoms with E-state index < -0.39 is 0 Å². The van der Waals surface area contributed by atoms with E-state index in [1.807, 2.05) is 12.1 Å². The van der Waals surface area contributed by atoms with Gasteiger partial charge in [-0.05, 0) is 110 Å². The second-order valence-corrected chi connectivity index (χ2v) is 17.6. The predicted molar refractivity (Wildman–Crippen MR) is 265 cm³/mol. The Kier molecular flexibility index (Phi) is 7.95. The predicted octanol–water partition coefficient (Wildman–Crippen LogP) is 17.3. The first-order valence-corrected chi connectivity index (χ1v) is 22.1. The van der Waals surface area contributed by atoms with E-state index in [2.05, 4.69) is 219 Å². The van der Waals surface area contributed by atoms with Crippen molar-refractivity contribution in [2.24, 2.45) is 0 Å². The van der Waals surface area contributed by atoms with E-state index >= 15 is 0 Å². The van der Waals surface area contributed by atoms with E-state index in [9.17, 15) is 0 Å². The van der Waals surface area contributed by atoms with E-state index in [4.69, 9.17) is 9.15 Å². The quantitative estimate of drug-likeness (QED) is 0.173. The van der Waals surface area contributed by atoms with Crippen LogP contribution >= 0.6 is 0 Å². The standard InChI is InChI=1S/C61H41NO2/c1-61(2)55-24-10-8-18-47(55)48-32-30-43(36-56(48)61)62(42-28-26-39(27-29-42)46-21-12-22-51-49-19-9-11-25-57(49)63-59(46)51)44-31-33-50-53-34-40-16-6-7-17-41(40)35-54(53)52-23-13-20-45(38-14-4-3-5-15-38)60(52)64-58(50)37-44/h3-37H,1-2H3. The Hall–Kier alpha value is -8.14. The van der Waals surface area contributed by atoms with Crippen molar-refractivity contribution in [3.8, 4) is 67.1 Å². The molecule has 0 saturated carbocycles. The van der Waals surface area contributed by atoms with E-state index in [0.717, 1.165) is 95.0 Å². The van der Waals surface area contributed by atoms with Gasteiger partial charge in [-0.3, -0.25) is 0 Å². The summed E-state index contributed by atoms with van der Waals surface area (Å²) in [6, 6.07) is 76.6. The van der Waals surface area contributed by atoms with Gasteiger partial charge in [0.05, 0.1) is 0 Å². The van der Waals surface area contributed by atoms with E-state index in [-0.39, 0.29) is 5.41 Å². The van der Waals surface area contributed by atoms with Gasteiger partial charge >= 0.3 is 0 Å². The molecule has 1 aromatic heterocycles. The second kappa shape index (κ2) is 13.9. The number of fused-ring (bicyclic) bond motifs is 12. The molecule has 3 heteroatoms. The van der Waals surface area contributed by atoms with Gasteiger partial charge in [0.2, 0.25) is 0 Å². The molecular weight excluding hydrogens is 779 g/mol. The Balaban J connectivity index is 1.01. The lowest BCUT2D eigenvalue weighted by atomic mass is 9.82. The van der Waals surface area contributed by atoms with Crippen molar-refractivity contribution in [3.63, 3.8) is 0 Å². The van der Waals surface area contributed by atoms with Crippen LogP contribution in [-0.2, 0) is 5.41 Å². The zero-order valence-electron chi connectivity index (χ0n) is 35.5. The zero-order valence-corrected chi connectivity index (χ0v) is 35.5. The minimum absolute atomic E-state index is 0.163. The Labute approximate surface area is 372 Å². The molecule has 0 spiro atoms. The number of hydrogen-bond donors (Lipinski definition) is 0. The third-order valence-electron chi connectivity index (χ3n) is 13.7. The number of benzene rings is 10. The van der Waals surface area contributed by atoms with Gasteiger partial charge in [-0.1, -0.05) is 166 Å². The van der Waals surface area contributed by atoms with Crippen molar-refractivity contribution >= 4 is 49.8 Å². The van der Waals surface area contributed by atoms with Crippen LogP contribution in [0.5, 0.6) is 11.5 Å². The topological polar surface area (TPSA) is 25.6 Å². The number of rotatable bonds is 5. The molecule has 0 saturated heterocycles. The fourth-order valence-electron chi connectivity index (χ4n) is 10.5. The molecule has 2 aliphatic rings. The summed E-state index contributed by atoms with van der Waals surface area (Å²) in [6.07, 6.45) is 0. The van der Waals surface area contributed by atoms with Crippen molar-refractivity contribution in [2.45, 2.75) is 19.3 Å². The molecule has 0 N–H and O–H groups in total. The molecule has 3 nitrogen and oxygen atoms in total. The maximum atomic E-state index is 7.31. The molecule has 1 aliphatic carbocycles. The molecule has 302 valence electrons. The van der Waals surface area contributed by atoms with Gasteiger partial charge in [-0.25, -0.2) is 0 Å². The molecule has 1 aliphatic heterocycles. The summed E-state index contributed by atoms with van der Waals surface area (Å²) in [4.78, 5) is 2.38. The number of nitrogens with zero attached hydrogens (tertiary/aromatic N) is 1. The number of hydrogen-bond acceptors (Lipinski definition) is 3. The Morgan fingerprint density at radius 3 is 1.78 bits per heavy atom. The van der Waals surface area contributed by atoms with Gasteiger partial charge in [-0.15, -0.1) is 0 Å². The highest BCUT2D eigenvalue weighted by Gasteiger charge is 2.36. The maximum Gasteiger partial charge on any atom is 0.143 e. The molecule has 11 aromatic rings. The van der Waals surface area contributed by atoms with Gasteiger partial charge in [0.1, 0.15) is 22.7 Å². The average molecular weight is 820 g/mol. The number of para-hydroxylation sites is 3. The number of furan rings is 1. The molecule has 0 bridgehead atoms. The first-order valence-electron chi connectivity index (χ1n) is 22.1. The van der Waals surface area contributed by atoms with Crippen LogP contribution in [0.15, 0.2) is 217 Å². The Bertz CT molecular complexity index is 3670. The smallest absolute Gasteiger partial charge is 0.143 e. The van der Waals surface area contributed by atoms with Gasteiger partial charge in [0, 0.05) is 61.6 Å². The molecule has 0 amide bonds. The number of ether oxygens (including phenoxy) is 1. The first-order chi connectivity index (χ1) is 31.5. The van der Waals surface area contributed by atoms with Crippen LogP contribution in [0, 0.1) is 0 Å². The highest BCUT2D eigenvalue weighted by atomic mass is 16.5. The largest absolute Gasteiger partial charge is 0.455 e. The van der Waals surface area contributed by atoms with Crippen LogP contribution in [0.25, 0.3) is 88.3 Å². The Morgan fingerprint density at radius 1 is 0.375 bits per heavy atom. The lowest BCUT2D eigenvalue weighted by Gasteiger charge is -2.29. The van der Waals surface area contributed by atoms with Crippen LogP contribution in [0.2, 0.25) is 0 Å². The molecule has 0 unspecified atom stereocenters. The maximum absolute atomic E-state index is 7.31. The summed E-state index contributed by atoms with van der Waals surface area (Å²) in [5.74, 6) is 1.66. The summed E-state index contributed by atoms with van der Waals surface area (Å²) in [6.45, 7) is 4.69. The lowest BCUT2D eigenvalue weighted by molar-refractivity contribution is 0.489. The third-order valence-corrected chi connectivity index (χ3v) is 13.7. The highest BCUT2D eigenvalue weighted by molar-refractivity contribution is 6.09. The summed E-state index contributed by atoms with van der Waals surface area (Å²) < 4.78 is 13.8. The summed E-state index contributed by atoms with van der Waals surface area (Å²) >= 11 is 0. The van der Waals surface area contributed by atoms with E-state index in [1.165, 1.54) is 33.0 Å². The van der Waals surface area contributed by atoms with Gasteiger partial charge in [0.25, 0.3) is 0 Å². The normalized spacial score (nSPS) is 13.1. The van der Waals surface area contributed by atoms with Crippen molar-refractivity contribution < 1.29 is 9.15 Å². The van der Waals surface area contributed by atoms with E-state index in [1.54, 1.807) is 0 Å². The second-order valence-electron chi connectivity index (χ2n) is 17.6. The molecule has 0 atom stereocenters. The summed E-state index contributed by atoms with van der Waals surface area (Å²) in [7, 11) is 0. The van der Waals surface area contributed by atoms with Gasteiger partial charge in [0.15, 0.2) is 0 Å². The molecule has 10 aromatic carbocycles. The first kappa shape index (κ1) is 36.5. The molecule has 13 rings (SSSR count). The van der Waals surface area contributed by atoms with Crippen LogP contribution in [0.4, 0.5) is 17.1 Å². The lowest BCUT2D eigenvalue weighted by Crippen LogP contribution is -2.16. The number of anilines is 3. The van der Waals surface area contributed by atoms with E-state index in [0.29, 0.717) is 0 Å². The SMILES string of the molecule is CC1(C)c2ccccc2-c2ccc(N(c3ccc(-c4cccc5c4oc4ccccc45)cc3)c3ccc4c(c3)Oc3c(-c5ccccc5)cccc3-c3cc5ccccc5cc3-4)cc21. The fourth-order valence-corrected chi connectivity index (χ4v) is 10.5. The van der Waals surface area contributed by atoms with Gasteiger partial charge in [-0.2, -0.15) is 0 Å². The van der Waals surface area contributed by atoms with Crippen molar-refractivity contribution in [3.05, 3.63) is 223 Å². The monoisotopic (exact) mass is 819 g/mol. The highest BCUT2D eigenvalue weighted by Crippen LogP contribution is 2.54. The molecule has 0 fully saturated rings. The molecular formula is C61H41NO2. The third kappa shape index (κ3) is 5.54. The van der Waals surface area contributed by atoms with Crippen molar-refractivity contribution in [1.82, 2.24) is 0 Å². The average Bonchev–Trinajstić information content (AvgIpc) is 3.79. The van der Waals surface area contributed by atoms with Crippen LogP contribution in [0.3, 0.4) is 0 Å². The fraction of sp³-hybridized carbons (Fsp3) is 0.0492. The van der Waals surface area contributed by atoms with Crippen LogP contribution < -0.4 is 9.64 Å². The zero-order chi connectivity index (χ0) is 42.5. The molecule has 64 heavy (non-hydrogen) atoms. The summed E-state index contributed by atoms with van der Waals surface area (Å²) in [5.41, 5.74) is 18.8. The minimum atomic E-state index is -0.163. The molecule has 2 heterocycles. The summed E-state index contributed by atoms with van der Waals surface area (Å²) in [5, 5.41) is 4.65. The van der Waals surface area contributed by atoms with Crippen LogP contribution in [0.1, 0.15) is 25.0 Å². The van der Waals surface area contributed by atoms with Gasteiger partial charge < -0.3 is 14.1 Å². The minimum Gasteiger partial charge on any atom is -0.455 e. The Morgan fingerprint density at radius 2 is 0.953 bits per heavy atom.